The summed E-state index contributed by atoms with van der Waals surface area (Å²) in [5.41, 5.74) is 3.39. The second kappa shape index (κ2) is 9.08. The van der Waals surface area contributed by atoms with E-state index in [9.17, 15) is 0 Å². The highest BCUT2D eigenvalue weighted by Gasteiger charge is 2.12. The summed E-state index contributed by atoms with van der Waals surface area (Å²) in [4.78, 5) is 0. The van der Waals surface area contributed by atoms with E-state index < -0.39 is 8.07 Å². The van der Waals surface area contributed by atoms with E-state index in [4.69, 9.17) is 9.47 Å². The van der Waals surface area contributed by atoms with E-state index in [1.165, 1.54) is 16.3 Å². The van der Waals surface area contributed by atoms with Crippen molar-refractivity contribution in [2.24, 2.45) is 0 Å². The summed E-state index contributed by atoms with van der Waals surface area (Å²) in [6, 6.07) is 23.9. The third kappa shape index (κ3) is 5.63. The maximum atomic E-state index is 6.09. The van der Waals surface area contributed by atoms with Crippen molar-refractivity contribution < 1.29 is 9.47 Å². The number of ether oxygens (including phenoxy) is 2. The number of fused-ring (bicyclic) bond motifs is 1. The lowest BCUT2D eigenvalue weighted by Crippen LogP contribution is -2.22. The van der Waals surface area contributed by atoms with Crippen molar-refractivity contribution in [2.75, 3.05) is 6.61 Å². The fourth-order valence-corrected chi connectivity index (χ4v) is 4.20. The molecule has 4 rings (SSSR count). The van der Waals surface area contributed by atoms with Gasteiger partial charge in [0.1, 0.15) is 18.2 Å². The molecule has 0 saturated heterocycles. The van der Waals surface area contributed by atoms with Crippen LogP contribution in [0.25, 0.3) is 22.0 Å². The van der Waals surface area contributed by atoms with Gasteiger partial charge in [-0.25, -0.2) is 4.68 Å². The molecule has 0 N–H and O–H groups in total. The van der Waals surface area contributed by atoms with Crippen LogP contribution in [-0.2, 0) is 11.5 Å². The second-order valence-electron chi connectivity index (χ2n) is 9.20. The summed E-state index contributed by atoms with van der Waals surface area (Å²) >= 11 is 0. The number of rotatable bonds is 8. The Bertz CT molecular complexity index is 1160. The van der Waals surface area contributed by atoms with Crippen LogP contribution in [0.3, 0.4) is 0 Å². The van der Waals surface area contributed by atoms with Gasteiger partial charge >= 0.3 is 0 Å². The number of aryl methyl sites for hydroxylation is 1. The Morgan fingerprint density at radius 3 is 2.32 bits per heavy atom. The summed E-state index contributed by atoms with van der Waals surface area (Å²) in [5.74, 6) is 1.65. The van der Waals surface area contributed by atoms with Gasteiger partial charge in [0.05, 0.1) is 5.69 Å². The molecular weight excluding hydrogens is 400 g/mol. The third-order valence-corrected chi connectivity index (χ3v) is 6.98. The topological polar surface area (TPSA) is 36.3 Å². The molecule has 5 heteroatoms. The molecular formula is C26H30N2O2Si. The molecule has 4 nitrogen and oxygen atoms in total. The van der Waals surface area contributed by atoms with Crippen LogP contribution in [0.5, 0.6) is 11.5 Å². The van der Waals surface area contributed by atoms with Gasteiger partial charge in [-0.15, -0.1) is 0 Å². The van der Waals surface area contributed by atoms with Crippen LogP contribution in [0, 0.1) is 6.92 Å². The predicted octanol–water partition coefficient (Wildman–Crippen LogP) is 7.12. The molecule has 0 aliphatic carbocycles. The first-order valence-electron chi connectivity index (χ1n) is 10.8. The summed E-state index contributed by atoms with van der Waals surface area (Å²) in [5, 5.41) is 6.83. The Morgan fingerprint density at radius 1 is 0.839 bits per heavy atom. The Balaban J connectivity index is 1.42. The van der Waals surface area contributed by atoms with E-state index in [2.05, 4.69) is 74.1 Å². The maximum Gasteiger partial charge on any atom is 0.139 e. The molecule has 0 unspecified atom stereocenters. The molecule has 0 aliphatic rings. The molecule has 160 valence electrons. The molecule has 1 heterocycles. The van der Waals surface area contributed by atoms with Gasteiger partial charge < -0.3 is 9.47 Å². The van der Waals surface area contributed by atoms with Crippen LogP contribution in [0.15, 0.2) is 72.9 Å². The molecule has 0 saturated carbocycles. The van der Waals surface area contributed by atoms with Crippen LogP contribution in [0.4, 0.5) is 0 Å². The van der Waals surface area contributed by atoms with E-state index in [0.29, 0.717) is 6.73 Å². The first-order chi connectivity index (χ1) is 14.9. The molecule has 0 fully saturated rings. The van der Waals surface area contributed by atoms with Gasteiger partial charge in [-0.3, -0.25) is 0 Å². The maximum absolute atomic E-state index is 6.09. The highest BCUT2D eigenvalue weighted by atomic mass is 28.3. The smallest absolute Gasteiger partial charge is 0.139 e. The van der Waals surface area contributed by atoms with Gasteiger partial charge in [0.25, 0.3) is 0 Å². The number of nitrogens with zero attached hydrogens (tertiary/aromatic N) is 2. The normalized spacial score (nSPS) is 11.7. The van der Waals surface area contributed by atoms with Crippen molar-refractivity contribution in [3.05, 3.63) is 78.5 Å². The summed E-state index contributed by atoms with van der Waals surface area (Å²) in [6.07, 6.45) is 1.82. The van der Waals surface area contributed by atoms with Crippen molar-refractivity contribution >= 4 is 18.8 Å². The van der Waals surface area contributed by atoms with E-state index in [1.54, 1.807) is 0 Å². The minimum atomic E-state index is -1.08. The summed E-state index contributed by atoms with van der Waals surface area (Å²) in [7, 11) is -1.08. The highest BCUT2D eigenvalue weighted by Crippen LogP contribution is 2.28. The molecule has 0 amide bonds. The fraction of sp³-hybridized carbons (Fsp3) is 0.269. The van der Waals surface area contributed by atoms with Gasteiger partial charge in [-0.05, 0) is 66.2 Å². The fourth-order valence-electron chi connectivity index (χ4n) is 3.45. The van der Waals surface area contributed by atoms with E-state index in [0.717, 1.165) is 35.4 Å². The second-order valence-corrected chi connectivity index (χ2v) is 14.8. The Kier molecular flexibility index (Phi) is 6.25. The monoisotopic (exact) mass is 430 g/mol. The van der Waals surface area contributed by atoms with Gasteiger partial charge in [-0.1, -0.05) is 49.5 Å². The lowest BCUT2D eigenvalue weighted by Gasteiger charge is -2.16. The molecule has 0 radical (unpaired) electrons. The number of hydrogen-bond donors (Lipinski definition) is 0. The van der Waals surface area contributed by atoms with Gasteiger partial charge in [0.15, 0.2) is 0 Å². The SMILES string of the molecule is Cc1ccc2cc(Oc3ccc(-c4ccnn4COCC[Si](C)(C)C)cc3)ccc2c1. The zero-order valence-corrected chi connectivity index (χ0v) is 19.8. The van der Waals surface area contributed by atoms with E-state index in [1.807, 2.05) is 35.1 Å². The van der Waals surface area contributed by atoms with Crippen molar-refractivity contribution in [3.8, 4) is 22.8 Å². The molecule has 1 aromatic heterocycles. The predicted molar refractivity (Wildman–Crippen MR) is 131 cm³/mol. The van der Waals surface area contributed by atoms with Gasteiger partial charge in [0.2, 0.25) is 0 Å². The zero-order valence-electron chi connectivity index (χ0n) is 18.8. The van der Waals surface area contributed by atoms with Gasteiger partial charge in [0, 0.05) is 26.4 Å². The average Bonchev–Trinajstić information content (AvgIpc) is 3.20. The molecule has 0 aliphatic heterocycles. The largest absolute Gasteiger partial charge is 0.457 e. The third-order valence-electron chi connectivity index (χ3n) is 5.28. The molecule has 4 aromatic rings. The lowest BCUT2D eigenvalue weighted by molar-refractivity contribution is 0.0798. The Labute approximate surface area is 185 Å². The minimum absolute atomic E-state index is 0.474. The van der Waals surface area contributed by atoms with Crippen LogP contribution in [0.2, 0.25) is 25.7 Å². The van der Waals surface area contributed by atoms with E-state index in [-0.39, 0.29) is 0 Å². The first kappa shape index (κ1) is 21.3. The summed E-state index contributed by atoms with van der Waals surface area (Å²) < 4.78 is 13.9. The molecule has 0 atom stereocenters. The van der Waals surface area contributed by atoms with Crippen molar-refractivity contribution in [3.63, 3.8) is 0 Å². The Morgan fingerprint density at radius 2 is 1.55 bits per heavy atom. The number of aromatic nitrogens is 2. The Hall–Kier alpha value is -2.89. The highest BCUT2D eigenvalue weighted by molar-refractivity contribution is 6.76. The summed E-state index contributed by atoms with van der Waals surface area (Å²) in [6.45, 7) is 10.4. The number of hydrogen-bond acceptors (Lipinski definition) is 3. The van der Waals surface area contributed by atoms with Crippen molar-refractivity contribution in [1.29, 1.82) is 0 Å². The van der Waals surface area contributed by atoms with Crippen molar-refractivity contribution in [1.82, 2.24) is 9.78 Å². The zero-order chi connectivity index (χ0) is 21.8. The molecule has 31 heavy (non-hydrogen) atoms. The van der Waals surface area contributed by atoms with Crippen LogP contribution in [-0.4, -0.2) is 24.5 Å². The van der Waals surface area contributed by atoms with E-state index >= 15 is 0 Å². The van der Waals surface area contributed by atoms with Crippen LogP contribution in [0.1, 0.15) is 5.56 Å². The van der Waals surface area contributed by atoms with Crippen LogP contribution >= 0.6 is 0 Å². The van der Waals surface area contributed by atoms with Gasteiger partial charge in [-0.2, -0.15) is 5.10 Å². The standard InChI is InChI=1S/C26H30N2O2Si/c1-20-5-6-23-18-25(12-9-22(23)17-20)30-24-10-7-21(8-11-24)26-13-14-27-28(26)19-29-15-16-31(2,3)4/h5-14,17-18H,15-16,19H2,1-4H3. The quantitative estimate of drug-likeness (QED) is 0.221. The van der Waals surface area contributed by atoms with Crippen LogP contribution < -0.4 is 4.74 Å². The van der Waals surface area contributed by atoms with Crippen molar-refractivity contribution in [2.45, 2.75) is 39.3 Å². The first-order valence-corrected chi connectivity index (χ1v) is 14.5. The minimum Gasteiger partial charge on any atom is -0.457 e. The lowest BCUT2D eigenvalue weighted by atomic mass is 10.1. The number of benzene rings is 3. The molecule has 0 spiro atoms. The average molecular weight is 431 g/mol. The molecule has 0 bridgehead atoms. The molecule has 3 aromatic carbocycles.